The number of nitrogens with zero attached hydrogens (tertiary/aromatic N) is 1. The van der Waals surface area contributed by atoms with Crippen molar-refractivity contribution in [1.82, 2.24) is 4.98 Å². The molecular weight excluding hydrogens is 298 g/mol. The molecular formula is C13H6ClF4NO. The van der Waals surface area contributed by atoms with Gasteiger partial charge in [0.25, 0.3) is 0 Å². The van der Waals surface area contributed by atoms with Gasteiger partial charge in [-0.2, -0.15) is 13.2 Å². The van der Waals surface area contributed by atoms with E-state index in [-0.39, 0.29) is 10.6 Å². The molecule has 1 aromatic heterocycles. The molecule has 2 aromatic rings. The minimum Gasteiger partial charge on any atom is -0.289 e. The summed E-state index contributed by atoms with van der Waals surface area (Å²) in [7, 11) is 0. The number of rotatable bonds is 2. The summed E-state index contributed by atoms with van der Waals surface area (Å²) in [6.45, 7) is 0. The van der Waals surface area contributed by atoms with Crippen LogP contribution in [0.5, 0.6) is 0 Å². The average Bonchev–Trinajstić information content (AvgIpc) is 2.40. The Balaban J connectivity index is 2.51. The molecule has 1 aromatic carbocycles. The zero-order chi connectivity index (χ0) is 14.9. The first-order chi connectivity index (χ1) is 9.30. The smallest absolute Gasteiger partial charge is 0.289 e. The largest absolute Gasteiger partial charge is 0.417 e. The summed E-state index contributed by atoms with van der Waals surface area (Å²) in [5, 5.41) is -0.219. The van der Waals surface area contributed by atoms with E-state index in [1.807, 2.05) is 0 Å². The van der Waals surface area contributed by atoms with Crippen molar-refractivity contribution in [2.45, 2.75) is 6.18 Å². The first kappa shape index (κ1) is 14.5. The van der Waals surface area contributed by atoms with Gasteiger partial charge in [0.05, 0.1) is 16.1 Å². The highest BCUT2D eigenvalue weighted by molar-refractivity contribution is 6.30. The van der Waals surface area contributed by atoms with Crippen LogP contribution in [0.15, 0.2) is 36.7 Å². The molecule has 0 bridgehead atoms. The molecule has 0 N–H and O–H groups in total. The second kappa shape index (κ2) is 5.20. The van der Waals surface area contributed by atoms with Crippen molar-refractivity contribution in [1.29, 1.82) is 0 Å². The Kier molecular flexibility index (Phi) is 3.76. The average molecular weight is 304 g/mol. The first-order valence-electron chi connectivity index (χ1n) is 5.31. The number of carbonyl (C=O) groups is 1. The third-order valence-corrected chi connectivity index (χ3v) is 2.86. The van der Waals surface area contributed by atoms with Crippen molar-refractivity contribution in [3.63, 3.8) is 0 Å². The zero-order valence-corrected chi connectivity index (χ0v) is 10.5. The summed E-state index contributed by atoms with van der Waals surface area (Å²) in [4.78, 5) is 15.5. The Hall–Kier alpha value is -1.95. The maximum atomic E-state index is 13.3. The van der Waals surface area contributed by atoms with E-state index in [9.17, 15) is 22.4 Å². The number of benzene rings is 1. The molecule has 7 heteroatoms. The van der Waals surface area contributed by atoms with Gasteiger partial charge < -0.3 is 0 Å². The van der Waals surface area contributed by atoms with Crippen molar-refractivity contribution in [3.05, 3.63) is 64.2 Å². The van der Waals surface area contributed by atoms with Crippen LogP contribution in [0.3, 0.4) is 0 Å². The lowest BCUT2D eigenvalue weighted by Gasteiger charge is -2.11. The van der Waals surface area contributed by atoms with Crippen LogP contribution in [0.25, 0.3) is 0 Å². The van der Waals surface area contributed by atoms with Gasteiger partial charge in [-0.15, -0.1) is 0 Å². The molecule has 0 saturated carbocycles. The van der Waals surface area contributed by atoms with Crippen LogP contribution < -0.4 is 0 Å². The number of alkyl halides is 3. The van der Waals surface area contributed by atoms with Gasteiger partial charge in [-0.05, 0) is 24.3 Å². The third kappa shape index (κ3) is 2.80. The molecule has 0 atom stereocenters. The van der Waals surface area contributed by atoms with E-state index >= 15 is 0 Å². The number of halogens is 5. The zero-order valence-electron chi connectivity index (χ0n) is 9.71. The molecule has 0 aliphatic heterocycles. The van der Waals surface area contributed by atoms with Gasteiger partial charge in [0, 0.05) is 18.0 Å². The standard InChI is InChI=1S/C13H6ClF4NO/c14-10-2-1-7(5-11(10)15)12(20)8-6-19-4-3-9(8)13(16,17)18/h1-6H. The van der Waals surface area contributed by atoms with Crippen LogP contribution in [-0.2, 0) is 6.18 Å². The predicted molar refractivity (Wildman–Crippen MR) is 64.1 cm³/mol. The van der Waals surface area contributed by atoms with Gasteiger partial charge in [0.1, 0.15) is 5.82 Å². The van der Waals surface area contributed by atoms with Gasteiger partial charge in [-0.25, -0.2) is 4.39 Å². The van der Waals surface area contributed by atoms with Crippen molar-refractivity contribution < 1.29 is 22.4 Å². The topological polar surface area (TPSA) is 30.0 Å². The molecule has 2 nitrogen and oxygen atoms in total. The molecule has 0 amide bonds. The van der Waals surface area contributed by atoms with E-state index in [1.165, 1.54) is 0 Å². The number of hydrogen-bond donors (Lipinski definition) is 0. The van der Waals surface area contributed by atoms with Crippen molar-refractivity contribution in [2.75, 3.05) is 0 Å². The minimum absolute atomic E-state index is 0.219. The van der Waals surface area contributed by atoms with E-state index < -0.39 is 28.9 Å². The summed E-state index contributed by atoms with van der Waals surface area (Å²) in [6.07, 6.45) is -2.96. The molecule has 0 saturated heterocycles. The molecule has 0 fully saturated rings. The number of carbonyl (C=O) groups excluding carboxylic acids is 1. The van der Waals surface area contributed by atoms with E-state index in [2.05, 4.69) is 4.98 Å². The molecule has 0 unspecified atom stereocenters. The summed E-state index contributed by atoms with van der Waals surface area (Å²) >= 11 is 5.46. The highest BCUT2D eigenvalue weighted by atomic mass is 35.5. The number of aromatic nitrogens is 1. The van der Waals surface area contributed by atoms with E-state index in [0.29, 0.717) is 6.07 Å². The fourth-order valence-corrected chi connectivity index (χ4v) is 1.73. The van der Waals surface area contributed by atoms with Crippen LogP contribution in [0.4, 0.5) is 17.6 Å². The van der Waals surface area contributed by atoms with Gasteiger partial charge in [-0.1, -0.05) is 11.6 Å². The predicted octanol–water partition coefficient (Wildman–Crippen LogP) is 4.12. The van der Waals surface area contributed by atoms with Crippen LogP contribution in [-0.4, -0.2) is 10.8 Å². The Morgan fingerprint density at radius 3 is 2.50 bits per heavy atom. The number of pyridine rings is 1. The minimum atomic E-state index is -4.70. The summed E-state index contributed by atoms with van der Waals surface area (Å²) in [5.74, 6) is -1.85. The summed E-state index contributed by atoms with van der Waals surface area (Å²) < 4.78 is 51.6. The van der Waals surface area contributed by atoms with Crippen molar-refractivity contribution in [2.24, 2.45) is 0 Å². The van der Waals surface area contributed by atoms with Gasteiger partial charge in [0.15, 0.2) is 5.78 Å². The molecule has 0 radical (unpaired) electrons. The van der Waals surface area contributed by atoms with E-state index in [0.717, 1.165) is 30.6 Å². The normalized spacial score (nSPS) is 11.4. The second-order valence-corrected chi connectivity index (χ2v) is 4.28. The van der Waals surface area contributed by atoms with Crippen molar-refractivity contribution >= 4 is 17.4 Å². The first-order valence-corrected chi connectivity index (χ1v) is 5.69. The lowest BCUT2D eigenvalue weighted by Crippen LogP contribution is -2.14. The lowest BCUT2D eigenvalue weighted by atomic mass is 10.00. The van der Waals surface area contributed by atoms with Gasteiger partial charge in [0.2, 0.25) is 0 Å². The second-order valence-electron chi connectivity index (χ2n) is 3.88. The molecule has 104 valence electrons. The third-order valence-electron chi connectivity index (χ3n) is 2.55. The molecule has 1 heterocycles. The Morgan fingerprint density at radius 1 is 1.20 bits per heavy atom. The Morgan fingerprint density at radius 2 is 1.90 bits per heavy atom. The molecule has 0 aliphatic rings. The highest BCUT2D eigenvalue weighted by Gasteiger charge is 2.35. The quantitative estimate of drug-likeness (QED) is 0.617. The molecule has 0 aliphatic carbocycles. The van der Waals surface area contributed by atoms with Gasteiger partial charge in [-0.3, -0.25) is 9.78 Å². The summed E-state index contributed by atoms with van der Waals surface area (Å²) in [5.41, 5.74) is -1.99. The van der Waals surface area contributed by atoms with Crippen LogP contribution in [0.2, 0.25) is 5.02 Å². The Bertz CT molecular complexity index is 670. The Labute approximate surface area is 116 Å². The highest BCUT2D eigenvalue weighted by Crippen LogP contribution is 2.32. The number of ketones is 1. The monoisotopic (exact) mass is 303 g/mol. The summed E-state index contributed by atoms with van der Waals surface area (Å²) in [6, 6.07) is 3.74. The maximum absolute atomic E-state index is 13.3. The van der Waals surface area contributed by atoms with E-state index in [1.54, 1.807) is 0 Å². The van der Waals surface area contributed by atoms with Crippen LogP contribution in [0.1, 0.15) is 21.5 Å². The maximum Gasteiger partial charge on any atom is 0.417 e. The molecule has 20 heavy (non-hydrogen) atoms. The van der Waals surface area contributed by atoms with Gasteiger partial charge >= 0.3 is 6.18 Å². The number of hydrogen-bond acceptors (Lipinski definition) is 2. The molecule has 0 spiro atoms. The van der Waals surface area contributed by atoms with E-state index in [4.69, 9.17) is 11.6 Å². The SMILES string of the molecule is O=C(c1ccc(Cl)c(F)c1)c1cnccc1C(F)(F)F. The lowest BCUT2D eigenvalue weighted by molar-refractivity contribution is -0.137. The van der Waals surface area contributed by atoms with Crippen molar-refractivity contribution in [3.8, 4) is 0 Å². The molecule has 2 rings (SSSR count). The van der Waals surface area contributed by atoms with Crippen LogP contribution in [0, 0.1) is 5.82 Å². The fourth-order valence-electron chi connectivity index (χ4n) is 1.62. The fraction of sp³-hybridized carbons (Fsp3) is 0.0769. The van der Waals surface area contributed by atoms with Crippen LogP contribution >= 0.6 is 11.6 Å².